The lowest BCUT2D eigenvalue weighted by Gasteiger charge is -2.31. The Labute approximate surface area is 231 Å². The Morgan fingerprint density at radius 2 is 1.93 bits per heavy atom. The van der Waals surface area contributed by atoms with E-state index >= 15 is 0 Å². The van der Waals surface area contributed by atoms with E-state index in [-0.39, 0.29) is 67.7 Å². The van der Waals surface area contributed by atoms with E-state index in [1.165, 1.54) is 12.1 Å². The van der Waals surface area contributed by atoms with Gasteiger partial charge in [0.25, 0.3) is 5.91 Å². The van der Waals surface area contributed by atoms with Crippen LogP contribution in [0.25, 0.3) is 11.4 Å². The van der Waals surface area contributed by atoms with Gasteiger partial charge in [-0.25, -0.2) is 4.39 Å². The van der Waals surface area contributed by atoms with Gasteiger partial charge < -0.3 is 24.8 Å². The second-order valence-electron chi connectivity index (χ2n) is 10.1. The van der Waals surface area contributed by atoms with Crippen molar-refractivity contribution in [2.75, 3.05) is 19.7 Å². The Bertz CT molecular complexity index is 1390. The number of hydrogen-bond acceptors (Lipinski definition) is 7. The first kappa shape index (κ1) is 27.3. The van der Waals surface area contributed by atoms with E-state index in [0.717, 1.165) is 17.2 Å². The molecule has 210 valence electrons. The molecule has 3 aromatic rings. The summed E-state index contributed by atoms with van der Waals surface area (Å²) in [5.41, 5.74) is 2.01. The molecule has 2 bridgehead atoms. The molecule has 0 unspecified atom stereocenters. The lowest BCUT2D eigenvalue weighted by atomic mass is 10.1. The number of benzene rings is 2. The Kier molecular flexibility index (Phi) is 8.37. The van der Waals surface area contributed by atoms with Gasteiger partial charge in [-0.2, -0.15) is 4.98 Å². The zero-order valence-corrected chi connectivity index (χ0v) is 22.3. The first-order chi connectivity index (χ1) is 19.4. The van der Waals surface area contributed by atoms with Gasteiger partial charge in [0.15, 0.2) is 0 Å². The van der Waals surface area contributed by atoms with Crippen molar-refractivity contribution in [1.82, 2.24) is 25.7 Å². The molecule has 3 heterocycles. The zero-order chi connectivity index (χ0) is 28.1. The fourth-order valence-electron chi connectivity index (χ4n) is 5.33. The lowest BCUT2D eigenvalue weighted by molar-refractivity contribution is -0.135. The minimum Gasteiger partial charge on any atom is -0.491 e. The largest absolute Gasteiger partial charge is 0.491 e. The highest BCUT2D eigenvalue weighted by molar-refractivity contribution is 5.97. The molecule has 2 atom stereocenters. The molecule has 2 N–H and O–H groups in total. The zero-order valence-electron chi connectivity index (χ0n) is 22.3. The number of rotatable bonds is 5. The maximum absolute atomic E-state index is 13.9. The molecule has 0 aliphatic carbocycles. The van der Waals surface area contributed by atoms with Gasteiger partial charge in [-0.15, -0.1) is 0 Å². The summed E-state index contributed by atoms with van der Waals surface area (Å²) < 4.78 is 24.9. The minimum absolute atomic E-state index is 0.0698. The number of halogens is 1. The van der Waals surface area contributed by atoms with Gasteiger partial charge in [0.1, 0.15) is 18.2 Å². The average molecular weight is 550 g/mol. The van der Waals surface area contributed by atoms with E-state index < -0.39 is 11.7 Å². The number of aromatic nitrogens is 2. The molecule has 1 saturated heterocycles. The highest BCUT2D eigenvalue weighted by Gasteiger charge is 2.38. The van der Waals surface area contributed by atoms with E-state index in [2.05, 4.69) is 20.8 Å². The molecule has 0 radical (unpaired) electrons. The number of hydrogen-bond donors (Lipinski definition) is 2. The summed E-state index contributed by atoms with van der Waals surface area (Å²) in [7, 11) is 0. The molecule has 40 heavy (non-hydrogen) atoms. The molecule has 11 heteroatoms. The molecule has 0 saturated carbocycles. The SMILES string of the molecule is Cc1ccccc1-c1noc(CCCC(=O)N2[C@@H]3CC[C@H]2CC(=O)NCCOc2ccc(F)cc2C(=O)NC3)n1. The van der Waals surface area contributed by atoms with Crippen LogP contribution in [-0.4, -0.2) is 64.5 Å². The number of nitrogens with one attached hydrogen (secondary N) is 2. The standard InChI is InChI=1S/C29H32FN5O5/c1-18-5-2-3-6-22(18)28-33-26(40-34-28)7-4-8-27(37)35-20-10-11-21(35)17-32-29(38)23-15-19(30)9-12-24(23)39-14-13-31-25(36)16-20/h2-3,5-6,9,12,15,20-21H,4,7-8,10-11,13-14,16-17H2,1H3,(H,31,36)(H,32,38)/t20-,21+/m0/s1. The van der Waals surface area contributed by atoms with Gasteiger partial charge in [-0.1, -0.05) is 29.4 Å². The highest BCUT2D eigenvalue weighted by Crippen LogP contribution is 2.28. The van der Waals surface area contributed by atoms with Crippen LogP contribution >= 0.6 is 0 Å². The fourth-order valence-corrected chi connectivity index (χ4v) is 5.33. The third-order valence-electron chi connectivity index (χ3n) is 7.33. The molecule has 2 aliphatic heterocycles. The summed E-state index contributed by atoms with van der Waals surface area (Å²) in [5.74, 6) is -0.119. The van der Waals surface area contributed by atoms with Crippen LogP contribution in [0.15, 0.2) is 47.0 Å². The average Bonchev–Trinajstić information content (AvgIpc) is 3.57. The topological polar surface area (TPSA) is 127 Å². The molecule has 0 spiro atoms. The number of carbonyl (C=O) groups is 3. The predicted molar refractivity (Wildman–Crippen MR) is 143 cm³/mol. The summed E-state index contributed by atoms with van der Waals surface area (Å²) >= 11 is 0. The van der Waals surface area contributed by atoms with Crippen molar-refractivity contribution in [2.45, 2.75) is 57.5 Å². The second kappa shape index (κ2) is 12.3. The van der Waals surface area contributed by atoms with Gasteiger partial charge in [0.05, 0.1) is 12.1 Å². The van der Waals surface area contributed by atoms with Crippen LogP contribution in [0, 0.1) is 12.7 Å². The second-order valence-corrected chi connectivity index (χ2v) is 10.1. The van der Waals surface area contributed by atoms with Crippen molar-refractivity contribution in [2.24, 2.45) is 0 Å². The van der Waals surface area contributed by atoms with Crippen LogP contribution in [0.4, 0.5) is 4.39 Å². The van der Waals surface area contributed by atoms with Crippen molar-refractivity contribution in [3.63, 3.8) is 0 Å². The smallest absolute Gasteiger partial charge is 0.255 e. The molecule has 1 aromatic heterocycles. The Hall–Kier alpha value is -4.28. The molecular weight excluding hydrogens is 517 g/mol. The maximum atomic E-state index is 13.9. The van der Waals surface area contributed by atoms with Crippen molar-refractivity contribution in [3.8, 4) is 17.1 Å². The number of nitrogens with zero attached hydrogens (tertiary/aromatic N) is 3. The van der Waals surface area contributed by atoms with E-state index in [4.69, 9.17) is 9.26 Å². The van der Waals surface area contributed by atoms with E-state index in [1.54, 1.807) is 4.90 Å². The summed E-state index contributed by atoms with van der Waals surface area (Å²) in [6.07, 6.45) is 2.61. The minimum atomic E-state index is -0.558. The van der Waals surface area contributed by atoms with Crippen LogP contribution in [0.5, 0.6) is 5.75 Å². The molecule has 5 rings (SSSR count). The molecular formula is C29H32FN5O5. The monoisotopic (exact) mass is 549 g/mol. The quantitative estimate of drug-likeness (QED) is 0.501. The Morgan fingerprint density at radius 1 is 1.10 bits per heavy atom. The Balaban J connectivity index is 1.25. The van der Waals surface area contributed by atoms with Crippen LogP contribution in [0.2, 0.25) is 0 Å². The molecule has 10 nitrogen and oxygen atoms in total. The molecule has 3 amide bonds. The van der Waals surface area contributed by atoms with Gasteiger partial charge in [-0.05, 0) is 49.9 Å². The fraction of sp³-hybridized carbons (Fsp3) is 0.414. The summed E-state index contributed by atoms with van der Waals surface area (Å²) in [5, 5.41) is 9.73. The van der Waals surface area contributed by atoms with Gasteiger partial charge in [0.2, 0.25) is 23.5 Å². The maximum Gasteiger partial charge on any atom is 0.255 e. The third kappa shape index (κ3) is 6.30. The highest BCUT2D eigenvalue weighted by atomic mass is 19.1. The number of amides is 3. The van der Waals surface area contributed by atoms with E-state index in [9.17, 15) is 18.8 Å². The van der Waals surface area contributed by atoms with Crippen LogP contribution in [-0.2, 0) is 16.0 Å². The number of carbonyl (C=O) groups excluding carboxylic acids is 3. The summed E-state index contributed by atoms with van der Waals surface area (Å²) in [6, 6.07) is 10.9. The lowest BCUT2D eigenvalue weighted by Crippen LogP contribution is -2.48. The number of ether oxygens (including phenoxy) is 1. The van der Waals surface area contributed by atoms with E-state index in [0.29, 0.717) is 37.4 Å². The molecule has 1 fully saturated rings. The third-order valence-corrected chi connectivity index (χ3v) is 7.33. The van der Waals surface area contributed by atoms with Crippen LogP contribution in [0.1, 0.15) is 53.9 Å². The van der Waals surface area contributed by atoms with Crippen molar-refractivity contribution >= 4 is 17.7 Å². The van der Waals surface area contributed by atoms with Crippen molar-refractivity contribution in [1.29, 1.82) is 0 Å². The predicted octanol–water partition coefficient (Wildman–Crippen LogP) is 3.20. The van der Waals surface area contributed by atoms with E-state index in [1.807, 2.05) is 31.2 Å². The van der Waals surface area contributed by atoms with Crippen LogP contribution < -0.4 is 15.4 Å². The first-order valence-electron chi connectivity index (χ1n) is 13.6. The van der Waals surface area contributed by atoms with Gasteiger partial charge in [-0.3, -0.25) is 14.4 Å². The van der Waals surface area contributed by atoms with Gasteiger partial charge >= 0.3 is 0 Å². The summed E-state index contributed by atoms with van der Waals surface area (Å²) in [6.45, 7) is 2.50. The van der Waals surface area contributed by atoms with Crippen LogP contribution in [0.3, 0.4) is 0 Å². The molecule has 2 aliphatic rings. The van der Waals surface area contributed by atoms with Gasteiger partial charge in [0, 0.05) is 43.5 Å². The normalized spacial score (nSPS) is 19.7. The summed E-state index contributed by atoms with van der Waals surface area (Å²) in [4.78, 5) is 45.2. The molecule has 2 aromatic carbocycles. The number of aryl methyl sites for hydroxylation is 2. The van der Waals surface area contributed by atoms with Crippen molar-refractivity contribution < 1.29 is 28.0 Å². The Morgan fingerprint density at radius 3 is 2.77 bits per heavy atom. The van der Waals surface area contributed by atoms with Crippen molar-refractivity contribution in [3.05, 3.63) is 65.3 Å². The number of fused-ring (bicyclic) bond motifs is 3. The first-order valence-corrected chi connectivity index (χ1v) is 13.6.